The standard InChI is InChI=1S/C22H22ClNO4S2/c1-4-14-5-7-16(8-6-14)27-9-10-28-20-17(23)11-15(12-18(20)26-3)13-19-21(25)24(2)22(29)30-19/h5-8,11-13H,4,9-10H2,1-3H3/b19-13-. The number of thioether (sulfide) groups is 1. The van der Waals surface area contributed by atoms with Crippen LogP contribution in [0.25, 0.3) is 6.08 Å². The van der Waals surface area contributed by atoms with Crippen LogP contribution in [0.5, 0.6) is 17.2 Å². The van der Waals surface area contributed by atoms with Crippen LogP contribution in [0.3, 0.4) is 0 Å². The Kier molecular flexibility index (Phi) is 7.64. The fourth-order valence-electron chi connectivity index (χ4n) is 2.78. The summed E-state index contributed by atoms with van der Waals surface area (Å²) >= 11 is 12.8. The van der Waals surface area contributed by atoms with Crippen LogP contribution in [-0.4, -0.2) is 42.5 Å². The number of halogens is 1. The fourth-order valence-corrected chi connectivity index (χ4v) is 4.24. The first-order valence-corrected chi connectivity index (χ1v) is 11.0. The van der Waals surface area contributed by atoms with Gasteiger partial charge in [0.1, 0.15) is 23.3 Å². The molecule has 1 aliphatic rings. The molecule has 0 bridgehead atoms. The highest BCUT2D eigenvalue weighted by molar-refractivity contribution is 8.26. The summed E-state index contributed by atoms with van der Waals surface area (Å²) < 4.78 is 17.5. The average molecular weight is 464 g/mol. The quantitative estimate of drug-likeness (QED) is 0.304. The number of hydrogen-bond acceptors (Lipinski definition) is 6. The summed E-state index contributed by atoms with van der Waals surface area (Å²) in [5.74, 6) is 1.57. The molecule has 158 valence electrons. The second kappa shape index (κ2) is 10.2. The zero-order chi connectivity index (χ0) is 21.7. The van der Waals surface area contributed by atoms with E-state index in [0.29, 0.717) is 39.0 Å². The van der Waals surface area contributed by atoms with Crippen molar-refractivity contribution >= 4 is 51.9 Å². The molecule has 1 heterocycles. The lowest BCUT2D eigenvalue weighted by Crippen LogP contribution is -2.22. The van der Waals surface area contributed by atoms with Crippen LogP contribution in [0.15, 0.2) is 41.3 Å². The zero-order valence-corrected chi connectivity index (χ0v) is 19.3. The molecule has 0 atom stereocenters. The SMILES string of the molecule is CCc1ccc(OCCOc2c(Cl)cc(/C=C3\SC(=S)N(C)C3=O)cc2OC)cc1. The smallest absolute Gasteiger partial charge is 0.265 e. The topological polar surface area (TPSA) is 48.0 Å². The lowest BCUT2D eigenvalue weighted by atomic mass is 10.2. The minimum absolute atomic E-state index is 0.135. The summed E-state index contributed by atoms with van der Waals surface area (Å²) in [5, 5.41) is 0.389. The first kappa shape index (κ1) is 22.5. The Morgan fingerprint density at radius 2 is 1.87 bits per heavy atom. The van der Waals surface area contributed by atoms with Crippen LogP contribution >= 0.6 is 35.6 Å². The van der Waals surface area contributed by atoms with Crippen molar-refractivity contribution in [2.24, 2.45) is 0 Å². The molecule has 1 amide bonds. The van der Waals surface area contributed by atoms with Crippen LogP contribution in [0.1, 0.15) is 18.1 Å². The Hall–Kier alpha value is -2.22. The number of hydrogen-bond donors (Lipinski definition) is 0. The van der Waals surface area contributed by atoms with Gasteiger partial charge in [-0.05, 0) is 47.9 Å². The van der Waals surface area contributed by atoms with E-state index in [1.807, 2.05) is 24.3 Å². The normalized spacial score (nSPS) is 15.1. The largest absolute Gasteiger partial charge is 0.493 e. The maximum absolute atomic E-state index is 12.2. The number of aryl methyl sites for hydroxylation is 1. The van der Waals surface area contributed by atoms with E-state index in [1.165, 1.54) is 22.2 Å². The molecule has 5 nitrogen and oxygen atoms in total. The van der Waals surface area contributed by atoms with Gasteiger partial charge in [0, 0.05) is 7.05 Å². The molecule has 0 unspecified atom stereocenters. The van der Waals surface area contributed by atoms with Gasteiger partial charge in [-0.15, -0.1) is 0 Å². The maximum atomic E-state index is 12.2. The second-order valence-electron chi connectivity index (χ2n) is 6.47. The number of ether oxygens (including phenoxy) is 3. The Balaban J connectivity index is 1.65. The van der Waals surface area contributed by atoms with Crippen LogP contribution in [0, 0.1) is 0 Å². The molecular formula is C22H22ClNO4S2. The molecule has 3 rings (SSSR count). The zero-order valence-electron chi connectivity index (χ0n) is 16.9. The maximum Gasteiger partial charge on any atom is 0.265 e. The van der Waals surface area contributed by atoms with Crippen molar-refractivity contribution in [1.29, 1.82) is 0 Å². The molecule has 2 aromatic carbocycles. The summed E-state index contributed by atoms with van der Waals surface area (Å²) in [5.41, 5.74) is 1.99. The first-order chi connectivity index (χ1) is 14.4. The number of benzene rings is 2. The highest BCUT2D eigenvalue weighted by atomic mass is 35.5. The Labute approximate surface area is 190 Å². The van der Waals surface area contributed by atoms with Gasteiger partial charge >= 0.3 is 0 Å². The van der Waals surface area contributed by atoms with Crippen LogP contribution in [0.2, 0.25) is 5.02 Å². The van der Waals surface area contributed by atoms with E-state index < -0.39 is 0 Å². The molecule has 1 aliphatic heterocycles. The summed E-state index contributed by atoms with van der Waals surface area (Å²) in [6, 6.07) is 11.5. The van der Waals surface area contributed by atoms with Gasteiger partial charge in [0.15, 0.2) is 11.5 Å². The molecule has 1 saturated heterocycles. The van der Waals surface area contributed by atoms with Crippen molar-refractivity contribution in [2.75, 3.05) is 27.4 Å². The minimum atomic E-state index is -0.135. The van der Waals surface area contributed by atoms with E-state index in [2.05, 4.69) is 6.92 Å². The first-order valence-electron chi connectivity index (χ1n) is 9.36. The third-order valence-corrected chi connectivity index (χ3v) is 6.23. The molecule has 0 saturated carbocycles. The predicted octanol–water partition coefficient (Wildman–Crippen LogP) is 5.20. The van der Waals surface area contributed by atoms with Crippen LogP contribution < -0.4 is 14.2 Å². The number of nitrogens with zero attached hydrogens (tertiary/aromatic N) is 1. The summed E-state index contributed by atoms with van der Waals surface area (Å²) in [6.45, 7) is 2.78. The molecule has 0 aromatic heterocycles. The summed E-state index contributed by atoms with van der Waals surface area (Å²) in [6.07, 6.45) is 2.73. The van der Waals surface area contributed by atoms with Gasteiger partial charge in [0.05, 0.1) is 17.0 Å². The van der Waals surface area contributed by atoms with Gasteiger partial charge in [0.25, 0.3) is 5.91 Å². The van der Waals surface area contributed by atoms with Gasteiger partial charge in [-0.25, -0.2) is 0 Å². The fraction of sp³-hybridized carbons (Fsp3) is 0.273. The second-order valence-corrected chi connectivity index (χ2v) is 8.55. The monoisotopic (exact) mass is 463 g/mol. The van der Waals surface area contributed by atoms with Gasteiger partial charge in [-0.1, -0.05) is 54.6 Å². The molecule has 8 heteroatoms. The van der Waals surface area contributed by atoms with Crippen molar-refractivity contribution in [3.63, 3.8) is 0 Å². The van der Waals surface area contributed by atoms with Gasteiger partial charge in [-0.3, -0.25) is 9.69 Å². The van der Waals surface area contributed by atoms with E-state index >= 15 is 0 Å². The average Bonchev–Trinajstić information content (AvgIpc) is 2.98. The van der Waals surface area contributed by atoms with E-state index in [9.17, 15) is 4.79 Å². The molecule has 0 aliphatic carbocycles. The van der Waals surface area contributed by atoms with Gasteiger partial charge < -0.3 is 14.2 Å². The van der Waals surface area contributed by atoms with Crippen molar-refractivity contribution in [1.82, 2.24) is 4.90 Å². The van der Waals surface area contributed by atoms with Crippen LogP contribution in [-0.2, 0) is 11.2 Å². The molecule has 0 radical (unpaired) electrons. The number of carbonyl (C=O) groups is 1. The lowest BCUT2D eigenvalue weighted by Gasteiger charge is -2.14. The molecule has 1 fully saturated rings. The summed E-state index contributed by atoms with van der Waals surface area (Å²) in [7, 11) is 3.20. The van der Waals surface area contributed by atoms with Crippen molar-refractivity contribution in [3.8, 4) is 17.2 Å². The van der Waals surface area contributed by atoms with E-state index in [1.54, 1.807) is 32.4 Å². The number of thiocarbonyl (C=S) groups is 1. The highest BCUT2D eigenvalue weighted by Crippen LogP contribution is 2.38. The third kappa shape index (κ3) is 5.28. The number of amides is 1. The summed E-state index contributed by atoms with van der Waals surface area (Å²) in [4.78, 5) is 14.2. The number of carbonyl (C=O) groups excluding carboxylic acids is 1. The Morgan fingerprint density at radius 3 is 2.47 bits per heavy atom. The molecule has 2 aromatic rings. The van der Waals surface area contributed by atoms with Crippen molar-refractivity contribution in [2.45, 2.75) is 13.3 Å². The van der Waals surface area contributed by atoms with E-state index in [4.69, 9.17) is 38.0 Å². The number of rotatable bonds is 8. The van der Waals surface area contributed by atoms with E-state index in [-0.39, 0.29) is 5.91 Å². The van der Waals surface area contributed by atoms with Crippen molar-refractivity contribution < 1.29 is 19.0 Å². The Morgan fingerprint density at radius 1 is 1.17 bits per heavy atom. The molecule has 0 N–H and O–H groups in total. The minimum Gasteiger partial charge on any atom is -0.493 e. The lowest BCUT2D eigenvalue weighted by molar-refractivity contribution is -0.121. The predicted molar refractivity (Wildman–Crippen MR) is 126 cm³/mol. The van der Waals surface area contributed by atoms with Gasteiger partial charge in [-0.2, -0.15) is 0 Å². The number of likely N-dealkylation sites (N-methyl/N-ethyl adjacent to an activating group) is 1. The van der Waals surface area contributed by atoms with Gasteiger partial charge in [0.2, 0.25) is 0 Å². The molecule has 30 heavy (non-hydrogen) atoms. The highest BCUT2D eigenvalue weighted by Gasteiger charge is 2.28. The molecular weight excluding hydrogens is 442 g/mol. The van der Waals surface area contributed by atoms with Crippen LogP contribution in [0.4, 0.5) is 0 Å². The van der Waals surface area contributed by atoms with E-state index in [0.717, 1.165) is 17.7 Å². The molecule has 0 spiro atoms. The number of methoxy groups -OCH3 is 1. The Bertz CT molecular complexity index is 976. The van der Waals surface area contributed by atoms with Crippen molar-refractivity contribution in [3.05, 3.63) is 57.5 Å². The third-order valence-electron chi connectivity index (χ3n) is 4.47.